The predicted octanol–water partition coefficient (Wildman–Crippen LogP) is 4.79. The number of pyridine rings is 1. The summed E-state index contributed by atoms with van der Waals surface area (Å²) in [5.41, 5.74) is 0.556. The fourth-order valence-corrected chi connectivity index (χ4v) is 3.00. The molecule has 0 radical (unpaired) electrons. The maximum atomic E-state index is 14.1. The van der Waals surface area contributed by atoms with E-state index in [1.807, 2.05) is 4.90 Å². The van der Waals surface area contributed by atoms with Crippen LogP contribution < -0.4 is 9.62 Å². The number of nitrogens with one attached hydrogen (secondary N) is 1. The van der Waals surface area contributed by atoms with Crippen LogP contribution in [0.1, 0.15) is 19.8 Å². The van der Waals surface area contributed by atoms with E-state index in [1.54, 1.807) is 0 Å². The molecule has 0 bridgehead atoms. The Bertz CT molecular complexity index is 714. The summed E-state index contributed by atoms with van der Waals surface area (Å²) in [5, 5.41) is 0. The summed E-state index contributed by atoms with van der Waals surface area (Å²) in [6.07, 6.45) is 2.07. The van der Waals surface area contributed by atoms with Crippen molar-refractivity contribution in [3.8, 4) is 0 Å². The van der Waals surface area contributed by atoms with Gasteiger partial charge in [0.1, 0.15) is 22.3 Å². The minimum absolute atomic E-state index is 0.158. The van der Waals surface area contributed by atoms with Gasteiger partial charge in [-0.2, -0.15) is 4.39 Å². The summed E-state index contributed by atoms with van der Waals surface area (Å²) < 4.78 is 43.9. The van der Waals surface area contributed by atoms with Crippen LogP contribution in [-0.2, 0) is 0 Å². The van der Waals surface area contributed by atoms with E-state index in [9.17, 15) is 13.2 Å². The Balaban J connectivity index is 0.000000465. The molecule has 0 saturated carbocycles. The van der Waals surface area contributed by atoms with E-state index in [0.717, 1.165) is 44.4 Å². The summed E-state index contributed by atoms with van der Waals surface area (Å²) in [6, 6.07) is 6.84. The Morgan fingerprint density at radius 1 is 1.11 bits per heavy atom. The van der Waals surface area contributed by atoms with Crippen molar-refractivity contribution in [1.82, 2.24) is 9.88 Å². The molecule has 8 heteroatoms. The molecule has 0 spiro atoms. The molecule has 0 aliphatic carbocycles. The first-order valence-corrected chi connectivity index (χ1v) is 9.66. The fraction of sp³-hybridized carbons (Fsp3) is 0.421. The lowest BCUT2D eigenvalue weighted by molar-refractivity contribution is 0.434. The number of hydrogen-bond donors (Lipinski definition) is 1. The molecule has 1 aliphatic rings. The molecule has 148 valence electrons. The van der Waals surface area contributed by atoms with Crippen LogP contribution in [0.3, 0.4) is 0 Å². The van der Waals surface area contributed by atoms with E-state index >= 15 is 0 Å². The van der Waals surface area contributed by atoms with E-state index in [0.29, 0.717) is 5.69 Å². The average Bonchev–Trinajstić information content (AvgIpc) is 3.16. The standard InChI is InChI=1S/C15H14F3N3S.C4H11N/c16-11-8-10(21-6-1-2-7-21)9-12(17)15(11)22-20-14-5-3-4-13(18)19-14;1-4-5(2)3/h3-5,8-9H,1-2,6-7H2,(H,19,20);4H2,1-3H3. The first-order valence-electron chi connectivity index (χ1n) is 8.84. The number of anilines is 2. The molecular weight excluding hydrogens is 373 g/mol. The molecule has 27 heavy (non-hydrogen) atoms. The van der Waals surface area contributed by atoms with E-state index in [1.165, 1.54) is 30.3 Å². The van der Waals surface area contributed by atoms with Crippen molar-refractivity contribution in [2.75, 3.05) is 43.4 Å². The minimum Gasteiger partial charge on any atom is -0.371 e. The number of nitrogens with zero attached hydrogens (tertiary/aromatic N) is 3. The third-order valence-corrected chi connectivity index (χ3v) is 4.96. The van der Waals surface area contributed by atoms with Gasteiger partial charge in [0.2, 0.25) is 5.95 Å². The SMILES string of the molecule is CCN(C)C.Fc1cccc(NSc2c(F)cc(N3CCCC3)cc2F)n1. The maximum Gasteiger partial charge on any atom is 0.214 e. The van der Waals surface area contributed by atoms with Gasteiger partial charge in [0, 0.05) is 18.8 Å². The topological polar surface area (TPSA) is 31.4 Å². The second-order valence-corrected chi connectivity index (χ2v) is 7.19. The fourth-order valence-electron chi connectivity index (χ4n) is 2.37. The van der Waals surface area contributed by atoms with E-state index in [2.05, 4.69) is 35.6 Å². The zero-order valence-corrected chi connectivity index (χ0v) is 16.6. The van der Waals surface area contributed by atoms with E-state index in [-0.39, 0.29) is 10.7 Å². The van der Waals surface area contributed by atoms with Gasteiger partial charge in [0.15, 0.2) is 0 Å². The Labute approximate surface area is 162 Å². The molecule has 1 fully saturated rings. The van der Waals surface area contributed by atoms with E-state index < -0.39 is 17.6 Å². The summed E-state index contributed by atoms with van der Waals surface area (Å²) >= 11 is 0.739. The molecule has 0 amide bonds. The smallest absolute Gasteiger partial charge is 0.214 e. The highest BCUT2D eigenvalue weighted by Gasteiger charge is 2.18. The second kappa shape index (κ2) is 10.4. The van der Waals surface area contributed by atoms with Crippen LogP contribution >= 0.6 is 11.9 Å². The first-order chi connectivity index (χ1) is 12.9. The van der Waals surface area contributed by atoms with Crippen LogP contribution in [0.5, 0.6) is 0 Å². The lowest BCUT2D eigenvalue weighted by Crippen LogP contribution is -2.18. The minimum atomic E-state index is -0.657. The molecule has 1 N–H and O–H groups in total. The van der Waals surface area contributed by atoms with Gasteiger partial charge < -0.3 is 14.5 Å². The van der Waals surface area contributed by atoms with Crippen LogP contribution in [0.15, 0.2) is 35.2 Å². The molecule has 0 atom stereocenters. The molecule has 3 rings (SSSR count). The van der Waals surface area contributed by atoms with Gasteiger partial charge in [-0.3, -0.25) is 0 Å². The van der Waals surface area contributed by atoms with Crippen molar-refractivity contribution in [2.45, 2.75) is 24.7 Å². The van der Waals surface area contributed by atoms with Crippen LogP contribution in [0.25, 0.3) is 0 Å². The number of aromatic nitrogens is 1. The molecule has 1 aromatic carbocycles. The first kappa shape index (κ1) is 21.4. The maximum absolute atomic E-state index is 14.1. The van der Waals surface area contributed by atoms with Gasteiger partial charge in [-0.25, -0.2) is 13.8 Å². The Hall–Kier alpha value is -1.93. The largest absolute Gasteiger partial charge is 0.371 e. The summed E-state index contributed by atoms with van der Waals surface area (Å²) in [5.74, 6) is -1.74. The van der Waals surface area contributed by atoms with E-state index in [4.69, 9.17) is 0 Å². The number of benzene rings is 1. The molecule has 1 aromatic heterocycles. The van der Waals surface area contributed by atoms with Crippen molar-refractivity contribution >= 4 is 23.5 Å². The highest BCUT2D eigenvalue weighted by molar-refractivity contribution is 8.00. The normalized spacial score (nSPS) is 13.5. The molecular formula is C19H25F3N4S. The molecule has 1 aliphatic heterocycles. The van der Waals surface area contributed by atoms with Gasteiger partial charge in [0.25, 0.3) is 0 Å². The van der Waals surface area contributed by atoms with Crippen LogP contribution in [0.4, 0.5) is 24.7 Å². The molecule has 1 saturated heterocycles. The monoisotopic (exact) mass is 398 g/mol. The second-order valence-electron chi connectivity index (χ2n) is 6.38. The number of halogens is 3. The molecule has 0 unspecified atom stereocenters. The van der Waals surface area contributed by atoms with Crippen molar-refractivity contribution in [3.63, 3.8) is 0 Å². The molecule has 4 nitrogen and oxygen atoms in total. The van der Waals surface area contributed by atoms with Crippen molar-refractivity contribution < 1.29 is 13.2 Å². The highest BCUT2D eigenvalue weighted by atomic mass is 32.2. The van der Waals surface area contributed by atoms with Crippen molar-refractivity contribution in [1.29, 1.82) is 0 Å². The Kier molecular flexibility index (Phi) is 8.24. The number of rotatable bonds is 5. The highest BCUT2D eigenvalue weighted by Crippen LogP contribution is 2.31. The van der Waals surface area contributed by atoms with Crippen LogP contribution in [0, 0.1) is 17.6 Å². The quantitative estimate of drug-likeness (QED) is 0.578. The summed E-state index contributed by atoms with van der Waals surface area (Å²) in [7, 11) is 4.11. The Morgan fingerprint density at radius 2 is 1.70 bits per heavy atom. The number of hydrogen-bond acceptors (Lipinski definition) is 5. The van der Waals surface area contributed by atoms with Crippen LogP contribution in [0.2, 0.25) is 0 Å². The van der Waals surface area contributed by atoms with Gasteiger partial charge >= 0.3 is 0 Å². The lowest BCUT2D eigenvalue weighted by Gasteiger charge is -2.18. The predicted molar refractivity (Wildman–Crippen MR) is 106 cm³/mol. The lowest BCUT2D eigenvalue weighted by atomic mass is 10.2. The average molecular weight is 398 g/mol. The summed E-state index contributed by atoms with van der Waals surface area (Å²) in [4.78, 5) is 7.50. The molecule has 2 aromatic rings. The summed E-state index contributed by atoms with van der Waals surface area (Å²) in [6.45, 7) is 4.90. The Morgan fingerprint density at radius 3 is 2.22 bits per heavy atom. The van der Waals surface area contributed by atoms with Crippen LogP contribution in [-0.4, -0.2) is 43.6 Å². The zero-order valence-electron chi connectivity index (χ0n) is 15.8. The van der Waals surface area contributed by atoms with Gasteiger partial charge in [-0.15, -0.1) is 0 Å². The molecule has 2 heterocycles. The third kappa shape index (κ3) is 6.62. The van der Waals surface area contributed by atoms with Gasteiger partial charge in [-0.1, -0.05) is 13.0 Å². The van der Waals surface area contributed by atoms with Crippen molar-refractivity contribution in [2.24, 2.45) is 0 Å². The van der Waals surface area contributed by atoms with Gasteiger partial charge in [-0.05, 0) is 69.7 Å². The zero-order chi connectivity index (χ0) is 19.8. The van der Waals surface area contributed by atoms with Gasteiger partial charge in [0.05, 0.1) is 0 Å². The third-order valence-electron chi connectivity index (χ3n) is 4.06. The van der Waals surface area contributed by atoms with Crippen molar-refractivity contribution in [3.05, 3.63) is 47.9 Å².